The highest BCUT2D eigenvalue weighted by molar-refractivity contribution is 6.08. The molecule has 0 saturated carbocycles. The smallest absolute Gasteiger partial charge is 0.318 e. The fourth-order valence-electron chi connectivity index (χ4n) is 3.41. The van der Waals surface area contributed by atoms with Gasteiger partial charge in [0.25, 0.3) is 5.91 Å². The van der Waals surface area contributed by atoms with Gasteiger partial charge in [0.05, 0.1) is 6.42 Å². The van der Waals surface area contributed by atoms with Gasteiger partial charge >= 0.3 is 6.03 Å². The lowest BCUT2D eigenvalue weighted by molar-refractivity contribution is -0.138. The highest BCUT2D eigenvalue weighted by Crippen LogP contribution is 2.27. The van der Waals surface area contributed by atoms with Crippen LogP contribution < -0.4 is 10.7 Å². The largest absolute Gasteiger partial charge is 0.344 e. The number of hydrogen-bond acceptors (Lipinski definition) is 3. The molecule has 2 N–H and O–H groups in total. The Hall–Kier alpha value is -3.67. The van der Waals surface area contributed by atoms with Crippen molar-refractivity contribution in [2.75, 3.05) is 0 Å². The minimum absolute atomic E-state index is 0.0595. The number of amides is 4. The normalized spacial score (nSPS) is 19.0. The molecule has 140 valence electrons. The lowest BCUT2D eigenvalue weighted by atomic mass is 9.92. The summed E-state index contributed by atoms with van der Waals surface area (Å²) in [4.78, 5) is 37.6. The van der Waals surface area contributed by atoms with Gasteiger partial charge in [-0.1, -0.05) is 72.8 Å². The first kappa shape index (κ1) is 17.7. The predicted octanol–water partition coefficient (Wildman–Crippen LogP) is 2.88. The van der Waals surface area contributed by atoms with E-state index in [2.05, 4.69) is 10.7 Å². The molecule has 6 heteroatoms. The number of nitrogens with one attached hydrogen (secondary N) is 2. The van der Waals surface area contributed by atoms with Crippen molar-refractivity contribution in [3.63, 3.8) is 0 Å². The molecule has 1 aliphatic rings. The van der Waals surface area contributed by atoms with Crippen molar-refractivity contribution in [2.24, 2.45) is 0 Å². The van der Waals surface area contributed by atoms with E-state index < -0.39 is 23.4 Å². The molecule has 0 aromatic heterocycles. The zero-order chi connectivity index (χ0) is 19.7. The second-order valence-electron chi connectivity index (χ2n) is 6.96. The average Bonchev–Trinajstić information content (AvgIpc) is 2.92. The lowest BCUT2D eigenvalue weighted by Gasteiger charge is -2.22. The fraction of sp³-hybridized carbons (Fsp3) is 0.136. The van der Waals surface area contributed by atoms with Gasteiger partial charge in [-0.25, -0.2) is 4.79 Å². The van der Waals surface area contributed by atoms with Crippen molar-refractivity contribution in [3.8, 4) is 0 Å². The van der Waals surface area contributed by atoms with Crippen LogP contribution in [-0.4, -0.2) is 22.9 Å². The third kappa shape index (κ3) is 3.09. The number of hydrogen-bond donors (Lipinski definition) is 2. The van der Waals surface area contributed by atoms with Gasteiger partial charge < -0.3 is 5.32 Å². The summed E-state index contributed by atoms with van der Waals surface area (Å²) in [6, 6.07) is 21.9. The standard InChI is InChI=1S/C22H19N3O3/c1-22(18-9-3-2-4-10-18)20(27)25(21(28)23-22)24-19(26)14-15-11-12-16-7-5-6-8-17(16)13-15/h2-13H,14H2,1H3,(H,23,28)(H,24,26). The summed E-state index contributed by atoms with van der Waals surface area (Å²) in [5.41, 5.74) is 2.67. The Morgan fingerprint density at radius 2 is 1.64 bits per heavy atom. The minimum Gasteiger partial charge on any atom is -0.318 e. The number of carbonyl (C=O) groups is 3. The van der Waals surface area contributed by atoms with E-state index in [0.717, 1.165) is 21.3 Å². The van der Waals surface area contributed by atoms with Crippen molar-refractivity contribution < 1.29 is 14.4 Å². The maximum atomic E-state index is 12.8. The number of rotatable bonds is 4. The van der Waals surface area contributed by atoms with Crippen LogP contribution in [0.5, 0.6) is 0 Å². The number of nitrogens with zero attached hydrogens (tertiary/aromatic N) is 1. The quantitative estimate of drug-likeness (QED) is 0.690. The molecule has 1 aliphatic heterocycles. The van der Waals surface area contributed by atoms with Gasteiger partial charge in [-0.3, -0.25) is 15.0 Å². The summed E-state index contributed by atoms with van der Waals surface area (Å²) in [7, 11) is 0. The van der Waals surface area contributed by atoms with Crippen LogP contribution in [0.3, 0.4) is 0 Å². The first-order chi connectivity index (χ1) is 13.5. The van der Waals surface area contributed by atoms with Crippen LogP contribution in [0.4, 0.5) is 4.79 Å². The van der Waals surface area contributed by atoms with Crippen molar-refractivity contribution in [2.45, 2.75) is 18.9 Å². The highest BCUT2D eigenvalue weighted by Gasteiger charge is 2.49. The molecule has 3 aromatic carbocycles. The Labute approximate surface area is 162 Å². The van der Waals surface area contributed by atoms with Crippen LogP contribution >= 0.6 is 0 Å². The molecule has 28 heavy (non-hydrogen) atoms. The molecule has 3 aromatic rings. The molecule has 1 fully saturated rings. The minimum atomic E-state index is -1.21. The van der Waals surface area contributed by atoms with Gasteiger partial charge in [0.15, 0.2) is 0 Å². The van der Waals surface area contributed by atoms with E-state index in [-0.39, 0.29) is 6.42 Å². The van der Waals surface area contributed by atoms with Gasteiger partial charge in [-0.05, 0) is 28.8 Å². The third-order valence-electron chi connectivity index (χ3n) is 4.96. The van der Waals surface area contributed by atoms with Crippen LogP contribution in [0, 0.1) is 0 Å². The Morgan fingerprint density at radius 1 is 0.964 bits per heavy atom. The van der Waals surface area contributed by atoms with E-state index in [4.69, 9.17) is 0 Å². The molecule has 0 bridgehead atoms. The zero-order valence-corrected chi connectivity index (χ0v) is 15.3. The van der Waals surface area contributed by atoms with Crippen molar-refractivity contribution in [1.29, 1.82) is 0 Å². The number of benzene rings is 3. The summed E-state index contributed by atoms with van der Waals surface area (Å²) in [6.07, 6.45) is 0.0595. The Bertz CT molecular complexity index is 1080. The first-order valence-electron chi connectivity index (χ1n) is 8.97. The number of carbonyl (C=O) groups excluding carboxylic acids is 3. The SMILES string of the molecule is CC1(c2ccccc2)NC(=O)N(NC(=O)Cc2ccc3ccccc3c2)C1=O. The molecule has 1 saturated heterocycles. The second-order valence-corrected chi connectivity index (χ2v) is 6.96. The van der Waals surface area contributed by atoms with Crippen molar-refractivity contribution in [1.82, 2.24) is 15.8 Å². The molecule has 6 nitrogen and oxygen atoms in total. The summed E-state index contributed by atoms with van der Waals surface area (Å²) in [5.74, 6) is -0.952. The molecule has 0 spiro atoms. The number of fused-ring (bicyclic) bond motifs is 1. The van der Waals surface area contributed by atoms with Gasteiger partial charge in [0.1, 0.15) is 5.54 Å². The van der Waals surface area contributed by atoms with Gasteiger partial charge in [-0.2, -0.15) is 5.01 Å². The van der Waals surface area contributed by atoms with Crippen LogP contribution in [0.15, 0.2) is 72.8 Å². The van der Waals surface area contributed by atoms with E-state index in [1.807, 2.05) is 48.5 Å². The molecule has 4 rings (SSSR count). The fourth-order valence-corrected chi connectivity index (χ4v) is 3.41. The second kappa shape index (κ2) is 6.81. The summed E-state index contributed by atoms with van der Waals surface area (Å²) < 4.78 is 0. The average molecular weight is 373 g/mol. The van der Waals surface area contributed by atoms with Crippen LogP contribution in [0.2, 0.25) is 0 Å². The summed E-state index contributed by atoms with van der Waals surface area (Å²) in [5, 5.41) is 5.53. The molecule has 0 radical (unpaired) electrons. The van der Waals surface area contributed by atoms with Crippen LogP contribution in [0.25, 0.3) is 10.8 Å². The Balaban J connectivity index is 1.49. The molecular formula is C22H19N3O3. The molecule has 1 atom stereocenters. The van der Waals surface area contributed by atoms with E-state index in [9.17, 15) is 14.4 Å². The van der Waals surface area contributed by atoms with E-state index in [1.54, 1.807) is 31.2 Å². The van der Waals surface area contributed by atoms with Gasteiger partial charge in [0.2, 0.25) is 5.91 Å². The number of imide groups is 1. The molecule has 1 unspecified atom stereocenters. The number of hydrazine groups is 1. The Morgan fingerprint density at radius 3 is 2.39 bits per heavy atom. The monoisotopic (exact) mass is 373 g/mol. The van der Waals surface area contributed by atoms with Crippen molar-refractivity contribution in [3.05, 3.63) is 83.9 Å². The van der Waals surface area contributed by atoms with E-state index >= 15 is 0 Å². The topological polar surface area (TPSA) is 78.5 Å². The summed E-state index contributed by atoms with van der Waals surface area (Å²) in [6.45, 7) is 1.62. The van der Waals surface area contributed by atoms with E-state index in [0.29, 0.717) is 5.56 Å². The lowest BCUT2D eigenvalue weighted by Crippen LogP contribution is -2.48. The summed E-state index contributed by atoms with van der Waals surface area (Å²) >= 11 is 0. The molecular weight excluding hydrogens is 354 g/mol. The number of urea groups is 1. The molecule has 4 amide bonds. The third-order valence-corrected chi connectivity index (χ3v) is 4.96. The maximum Gasteiger partial charge on any atom is 0.344 e. The maximum absolute atomic E-state index is 12.8. The first-order valence-corrected chi connectivity index (χ1v) is 8.97. The van der Waals surface area contributed by atoms with E-state index in [1.165, 1.54) is 0 Å². The Kier molecular flexibility index (Phi) is 4.31. The highest BCUT2D eigenvalue weighted by atomic mass is 16.2. The van der Waals surface area contributed by atoms with Gasteiger partial charge in [0, 0.05) is 0 Å². The predicted molar refractivity (Wildman–Crippen MR) is 105 cm³/mol. The van der Waals surface area contributed by atoms with Crippen LogP contribution in [-0.2, 0) is 21.5 Å². The van der Waals surface area contributed by atoms with Crippen LogP contribution in [0.1, 0.15) is 18.1 Å². The van der Waals surface area contributed by atoms with Gasteiger partial charge in [-0.15, -0.1) is 0 Å². The van der Waals surface area contributed by atoms with Crippen molar-refractivity contribution >= 4 is 28.6 Å². The molecule has 1 heterocycles. The zero-order valence-electron chi connectivity index (χ0n) is 15.3. The molecule has 0 aliphatic carbocycles.